The molecule has 0 aliphatic heterocycles. The third-order valence-corrected chi connectivity index (χ3v) is 10.2. The normalized spacial score (nSPS) is 16.4. The van der Waals surface area contributed by atoms with Crippen LogP contribution in [0, 0.1) is 16.7 Å². The van der Waals surface area contributed by atoms with Crippen molar-refractivity contribution in [2.24, 2.45) is 5.41 Å². The third-order valence-electron chi connectivity index (χ3n) is 5.68. The van der Waals surface area contributed by atoms with Crippen LogP contribution in [0.5, 0.6) is 0 Å². The summed E-state index contributed by atoms with van der Waals surface area (Å²) in [6.45, 7) is 4.35. The molecule has 0 bridgehead atoms. The Bertz CT molecular complexity index is 690. The first-order valence-electron chi connectivity index (χ1n) is 8.68. The van der Waals surface area contributed by atoms with E-state index in [-0.39, 0.29) is 10.5 Å². The summed E-state index contributed by atoms with van der Waals surface area (Å²) in [6, 6.07) is 22.7. The van der Waals surface area contributed by atoms with Gasteiger partial charge in [0.15, 0.2) is 0 Å². The summed E-state index contributed by atoms with van der Waals surface area (Å²) in [7, 11) is -2.92. The van der Waals surface area contributed by atoms with Crippen LogP contribution in [0.25, 0.3) is 0 Å². The van der Waals surface area contributed by atoms with E-state index >= 15 is 0 Å². The molecule has 0 unspecified atom stereocenters. The quantitative estimate of drug-likeness (QED) is 0.820. The summed E-state index contributed by atoms with van der Waals surface area (Å²) in [4.78, 5) is 12.0. The standard InChI is InChI=1S/C21H25NOSi/c1-20(2,13-14-21(17-22)15-16-21)24(23,18-9-5-3-6-10-18)19-11-7-4-8-12-19/h3-12,23H,13-16H2,1-2H3. The van der Waals surface area contributed by atoms with E-state index in [4.69, 9.17) is 0 Å². The minimum Gasteiger partial charge on any atom is -0.424 e. The van der Waals surface area contributed by atoms with Gasteiger partial charge in [-0.1, -0.05) is 74.5 Å². The van der Waals surface area contributed by atoms with E-state index in [2.05, 4.69) is 44.2 Å². The summed E-state index contributed by atoms with van der Waals surface area (Å²) in [6.07, 6.45) is 3.77. The lowest BCUT2D eigenvalue weighted by Crippen LogP contribution is -2.65. The van der Waals surface area contributed by atoms with Gasteiger partial charge in [-0.15, -0.1) is 0 Å². The SMILES string of the molecule is CC(C)(CCC1(C#N)CC1)[Si](O)(c1ccccc1)c1ccccc1. The van der Waals surface area contributed by atoms with Crippen molar-refractivity contribution in [1.29, 1.82) is 5.26 Å². The highest BCUT2D eigenvalue weighted by atomic mass is 28.4. The molecule has 0 atom stereocenters. The number of hydrogen-bond donors (Lipinski definition) is 1. The lowest BCUT2D eigenvalue weighted by molar-refractivity contribution is 0.427. The molecule has 0 saturated heterocycles. The van der Waals surface area contributed by atoms with Crippen LogP contribution in [0.2, 0.25) is 5.04 Å². The summed E-state index contributed by atoms with van der Waals surface area (Å²) < 4.78 is 0. The maximum Gasteiger partial charge on any atom is 0.258 e. The van der Waals surface area contributed by atoms with Crippen LogP contribution in [0.3, 0.4) is 0 Å². The summed E-state index contributed by atoms with van der Waals surface area (Å²) >= 11 is 0. The van der Waals surface area contributed by atoms with Crippen molar-refractivity contribution in [2.45, 2.75) is 44.6 Å². The van der Waals surface area contributed by atoms with Gasteiger partial charge in [-0.25, -0.2) is 0 Å². The highest BCUT2D eigenvalue weighted by Crippen LogP contribution is 2.53. The van der Waals surface area contributed by atoms with Crippen molar-refractivity contribution in [3.8, 4) is 6.07 Å². The Labute approximate surface area is 145 Å². The number of benzene rings is 2. The van der Waals surface area contributed by atoms with Crippen LogP contribution < -0.4 is 10.4 Å². The zero-order valence-corrected chi connectivity index (χ0v) is 15.5. The lowest BCUT2D eigenvalue weighted by atomic mass is 9.96. The Kier molecular flexibility index (Phi) is 4.38. The van der Waals surface area contributed by atoms with Gasteiger partial charge in [-0.2, -0.15) is 5.26 Å². The predicted octanol–water partition coefficient (Wildman–Crippen LogP) is 3.60. The molecule has 2 nitrogen and oxygen atoms in total. The van der Waals surface area contributed by atoms with Crippen LogP contribution in [0.15, 0.2) is 60.7 Å². The maximum atomic E-state index is 12.0. The van der Waals surface area contributed by atoms with Gasteiger partial charge in [0.25, 0.3) is 8.32 Å². The molecule has 3 heteroatoms. The number of rotatable bonds is 6. The van der Waals surface area contributed by atoms with Gasteiger partial charge in [-0.05, 0) is 41.1 Å². The van der Waals surface area contributed by atoms with Crippen molar-refractivity contribution < 1.29 is 4.80 Å². The molecule has 124 valence electrons. The molecule has 0 amide bonds. The highest BCUT2D eigenvalue weighted by Gasteiger charge is 2.52. The van der Waals surface area contributed by atoms with Crippen LogP contribution >= 0.6 is 0 Å². The second-order valence-electron chi connectivity index (χ2n) is 7.72. The van der Waals surface area contributed by atoms with Crippen LogP contribution in [0.1, 0.15) is 39.5 Å². The van der Waals surface area contributed by atoms with Crippen molar-refractivity contribution in [2.75, 3.05) is 0 Å². The fourth-order valence-electron chi connectivity index (χ4n) is 3.61. The average molecular weight is 336 g/mol. The molecule has 0 heterocycles. The van der Waals surface area contributed by atoms with Crippen molar-refractivity contribution in [3.05, 3.63) is 60.7 Å². The van der Waals surface area contributed by atoms with E-state index < -0.39 is 8.32 Å². The zero-order valence-electron chi connectivity index (χ0n) is 14.5. The highest BCUT2D eigenvalue weighted by molar-refractivity contribution is 6.98. The van der Waals surface area contributed by atoms with Crippen molar-refractivity contribution >= 4 is 18.7 Å². The fourth-order valence-corrected chi connectivity index (χ4v) is 7.34. The first-order chi connectivity index (χ1) is 11.4. The van der Waals surface area contributed by atoms with Crippen LogP contribution in [-0.4, -0.2) is 13.1 Å². The first kappa shape index (κ1) is 16.9. The van der Waals surface area contributed by atoms with Gasteiger partial charge in [0.1, 0.15) is 0 Å². The van der Waals surface area contributed by atoms with Gasteiger partial charge in [0.05, 0.1) is 11.5 Å². The first-order valence-corrected chi connectivity index (χ1v) is 10.6. The Hall–Kier alpha value is -1.89. The monoisotopic (exact) mass is 335 g/mol. The number of nitriles is 1. The molecule has 2 aromatic rings. The average Bonchev–Trinajstić information content (AvgIpc) is 3.41. The topological polar surface area (TPSA) is 44.0 Å². The molecule has 2 aromatic carbocycles. The Morgan fingerprint density at radius 3 is 1.83 bits per heavy atom. The van der Waals surface area contributed by atoms with E-state index in [1.807, 2.05) is 36.4 Å². The maximum absolute atomic E-state index is 12.0. The minimum atomic E-state index is -2.92. The molecule has 0 spiro atoms. The molecule has 1 saturated carbocycles. The molecule has 3 rings (SSSR count). The Balaban J connectivity index is 2.00. The molecule has 0 radical (unpaired) electrons. The van der Waals surface area contributed by atoms with Gasteiger partial charge >= 0.3 is 0 Å². The lowest BCUT2D eigenvalue weighted by Gasteiger charge is -2.41. The van der Waals surface area contributed by atoms with E-state index in [1.54, 1.807) is 0 Å². The van der Waals surface area contributed by atoms with Gasteiger partial charge in [-0.3, -0.25) is 0 Å². The smallest absolute Gasteiger partial charge is 0.258 e. The van der Waals surface area contributed by atoms with Crippen LogP contribution in [0.4, 0.5) is 0 Å². The molecular formula is C21H25NOSi. The van der Waals surface area contributed by atoms with Gasteiger partial charge in [0, 0.05) is 0 Å². The van der Waals surface area contributed by atoms with Crippen LogP contribution in [-0.2, 0) is 0 Å². The minimum absolute atomic E-state index is 0.125. The van der Waals surface area contributed by atoms with Crippen molar-refractivity contribution in [3.63, 3.8) is 0 Å². The van der Waals surface area contributed by atoms with Gasteiger partial charge in [0.2, 0.25) is 0 Å². The molecular weight excluding hydrogens is 310 g/mol. The molecule has 1 fully saturated rings. The van der Waals surface area contributed by atoms with E-state index in [9.17, 15) is 10.1 Å². The molecule has 1 aliphatic rings. The predicted molar refractivity (Wildman–Crippen MR) is 101 cm³/mol. The van der Waals surface area contributed by atoms with Gasteiger partial charge < -0.3 is 4.80 Å². The summed E-state index contributed by atoms with van der Waals surface area (Å²) in [5.41, 5.74) is -0.125. The largest absolute Gasteiger partial charge is 0.424 e. The third kappa shape index (κ3) is 2.92. The van der Waals surface area contributed by atoms with E-state index in [1.165, 1.54) is 0 Å². The Morgan fingerprint density at radius 1 is 1.00 bits per heavy atom. The van der Waals surface area contributed by atoms with E-state index in [0.29, 0.717) is 0 Å². The summed E-state index contributed by atoms with van der Waals surface area (Å²) in [5, 5.41) is 11.2. The Morgan fingerprint density at radius 2 is 1.46 bits per heavy atom. The fraction of sp³-hybridized carbons (Fsp3) is 0.381. The van der Waals surface area contributed by atoms with Crippen molar-refractivity contribution in [1.82, 2.24) is 0 Å². The second kappa shape index (κ2) is 6.20. The number of hydrogen-bond acceptors (Lipinski definition) is 2. The zero-order chi connectivity index (χ0) is 17.3. The second-order valence-corrected chi connectivity index (χ2v) is 11.6. The molecule has 1 aliphatic carbocycles. The van der Waals surface area contributed by atoms with E-state index in [0.717, 1.165) is 36.1 Å². The molecule has 24 heavy (non-hydrogen) atoms. The number of nitrogens with zero attached hydrogens (tertiary/aromatic N) is 1. The molecule has 0 aromatic heterocycles. The molecule has 1 N–H and O–H groups in total. The summed E-state index contributed by atoms with van der Waals surface area (Å²) in [5.74, 6) is 0.